The van der Waals surface area contributed by atoms with Crippen molar-refractivity contribution >= 4 is 44.0 Å². The van der Waals surface area contributed by atoms with E-state index in [4.69, 9.17) is 0 Å². The van der Waals surface area contributed by atoms with E-state index in [1.54, 1.807) is 12.1 Å². The van der Waals surface area contributed by atoms with Gasteiger partial charge >= 0.3 is 0 Å². The van der Waals surface area contributed by atoms with Crippen LogP contribution >= 0.6 is 0 Å². The number of piperidine rings is 1. The number of rotatable bonds is 5. The zero-order valence-corrected chi connectivity index (χ0v) is 20.1. The number of hydrogen-bond acceptors (Lipinski definition) is 5. The van der Waals surface area contributed by atoms with Crippen molar-refractivity contribution in [2.45, 2.75) is 17.7 Å². The van der Waals surface area contributed by atoms with Crippen molar-refractivity contribution in [2.24, 2.45) is 5.92 Å². The fraction of sp³-hybridized carbons (Fsp3) is 0.308. The topological polar surface area (TPSA) is 98.8 Å². The minimum Gasteiger partial charge on any atom is -0.360 e. The van der Waals surface area contributed by atoms with Crippen molar-refractivity contribution < 1.29 is 18.0 Å². The minimum absolute atomic E-state index is 0.00241. The van der Waals surface area contributed by atoms with Crippen LogP contribution in [0.4, 0.5) is 11.4 Å². The van der Waals surface area contributed by atoms with Gasteiger partial charge in [-0.3, -0.25) is 9.59 Å². The number of benzene rings is 3. The van der Waals surface area contributed by atoms with Gasteiger partial charge in [0.15, 0.2) is 0 Å². The standard InChI is InChI=1S/C26H28N4O4S/c31-25-18-29(16-13-27-25)23-8-6-22(7-9-23)28-26(32)20-11-14-30(15-12-20)35(33,34)24-10-5-19-3-1-2-4-21(19)17-24/h1-10,17,20H,11-16,18H2,(H,27,31)(H,28,32). The number of hydrogen-bond donors (Lipinski definition) is 2. The van der Waals surface area contributed by atoms with E-state index >= 15 is 0 Å². The van der Waals surface area contributed by atoms with Gasteiger partial charge in [-0.25, -0.2) is 8.42 Å². The summed E-state index contributed by atoms with van der Waals surface area (Å²) in [4.78, 5) is 26.7. The quantitative estimate of drug-likeness (QED) is 0.571. The molecular weight excluding hydrogens is 464 g/mol. The molecule has 2 aliphatic heterocycles. The van der Waals surface area contributed by atoms with Crippen molar-refractivity contribution in [3.05, 3.63) is 66.7 Å². The Labute approximate surface area is 205 Å². The van der Waals surface area contributed by atoms with Gasteiger partial charge in [0.1, 0.15) is 0 Å². The van der Waals surface area contributed by atoms with Crippen LogP contribution in [0.25, 0.3) is 10.8 Å². The van der Waals surface area contributed by atoms with E-state index in [9.17, 15) is 18.0 Å². The van der Waals surface area contributed by atoms with E-state index < -0.39 is 10.0 Å². The molecule has 8 nitrogen and oxygen atoms in total. The van der Waals surface area contributed by atoms with Crippen LogP contribution in [0.1, 0.15) is 12.8 Å². The fourth-order valence-electron chi connectivity index (χ4n) is 4.69. The Morgan fingerprint density at radius 3 is 2.34 bits per heavy atom. The highest BCUT2D eigenvalue weighted by Crippen LogP contribution is 2.27. The molecule has 0 radical (unpaired) electrons. The first-order chi connectivity index (χ1) is 16.9. The number of fused-ring (bicyclic) bond motifs is 1. The van der Waals surface area contributed by atoms with Crippen molar-refractivity contribution in [1.82, 2.24) is 9.62 Å². The van der Waals surface area contributed by atoms with Crippen LogP contribution in [0.2, 0.25) is 0 Å². The van der Waals surface area contributed by atoms with E-state index in [-0.39, 0.29) is 22.6 Å². The van der Waals surface area contributed by atoms with Crippen LogP contribution in [0.15, 0.2) is 71.6 Å². The molecule has 0 saturated carbocycles. The number of nitrogens with zero attached hydrogens (tertiary/aromatic N) is 2. The van der Waals surface area contributed by atoms with Gasteiger partial charge in [0, 0.05) is 43.5 Å². The molecule has 0 bridgehead atoms. The third-order valence-electron chi connectivity index (χ3n) is 6.72. The maximum atomic E-state index is 13.2. The average Bonchev–Trinajstić information content (AvgIpc) is 2.89. The first kappa shape index (κ1) is 23.3. The van der Waals surface area contributed by atoms with Gasteiger partial charge in [0.2, 0.25) is 21.8 Å². The van der Waals surface area contributed by atoms with Crippen LogP contribution in [-0.4, -0.2) is 57.3 Å². The SMILES string of the molecule is O=C1CN(c2ccc(NC(=O)C3CCN(S(=O)(=O)c4ccc5ccccc5c4)CC3)cc2)CCN1. The van der Waals surface area contributed by atoms with Crippen molar-refractivity contribution in [1.29, 1.82) is 0 Å². The van der Waals surface area contributed by atoms with Gasteiger partial charge < -0.3 is 15.5 Å². The molecule has 2 fully saturated rings. The van der Waals surface area contributed by atoms with Gasteiger partial charge in [-0.15, -0.1) is 0 Å². The number of carbonyl (C=O) groups is 2. The van der Waals surface area contributed by atoms with Crippen LogP contribution in [0, 0.1) is 5.92 Å². The summed E-state index contributed by atoms with van der Waals surface area (Å²) in [7, 11) is -3.61. The second-order valence-electron chi connectivity index (χ2n) is 8.99. The summed E-state index contributed by atoms with van der Waals surface area (Å²) in [5, 5.41) is 7.64. The first-order valence-electron chi connectivity index (χ1n) is 11.8. The van der Waals surface area contributed by atoms with E-state index in [1.807, 2.05) is 59.5 Å². The molecule has 2 aliphatic rings. The summed E-state index contributed by atoms with van der Waals surface area (Å²) < 4.78 is 27.8. The third-order valence-corrected chi connectivity index (χ3v) is 8.62. The Morgan fingerprint density at radius 1 is 0.914 bits per heavy atom. The molecule has 2 saturated heterocycles. The highest BCUT2D eigenvalue weighted by Gasteiger charge is 2.32. The molecule has 3 aromatic carbocycles. The predicted octanol–water partition coefficient (Wildman–Crippen LogP) is 2.82. The number of amides is 2. The number of nitrogens with one attached hydrogen (secondary N) is 2. The first-order valence-corrected chi connectivity index (χ1v) is 13.3. The molecular formula is C26H28N4O4S. The fourth-order valence-corrected chi connectivity index (χ4v) is 6.20. The van der Waals surface area contributed by atoms with Gasteiger partial charge in [-0.05, 0) is 60.0 Å². The van der Waals surface area contributed by atoms with Crippen LogP contribution in [0.3, 0.4) is 0 Å². The molecule has 5 rings (SSSR count). The number of carbonyl (C=O) groups excluding carboxylic acids is 2. The van der Waals surface area contributed by atoms with Crippen molar-refractivity contribution in [3.63, 3.8) is 0 Å². The Kier molecular flexibility index (Phi) is 6.44. The molecule has 9 heteroatoms. The molecule has 2 amide bonds. The van der Waals surface area contributed by atoms with Gasteiger partial charge in [0.25, 0.3) is 0 Å². The third kappa shape index (κ3) is 5.01. The summed E-state index contributed by atoms with van der Waals surface area (Å²) in [6, 6.07) is 20.3. The average molecular weight is 493 g/mol. The Bertz CT molecular complexity index is 1350. The zero-order chi connectivity index (χ0) is 24.4. The molecule has 0 aromatic heterocycles. The molecule has 182 valence electrons. The summed E-state index contributed by atoms with van der Waals surface area (Å²) >= 11 is 0. The van der Waals surface area contributed by atoms with E-state index in [1.165, 1.54) is 4.31 Å². The van der Waals surface area contributed by atoms with E-state index in [0.29, 0.717) is 44.7 Å². The number of sulfonamides is 1. The van der Waals surface area contributed by atoms with E-state index in [0.717, 1.165) is 23.0 Å². The summed E-state index contributed by atoms with van der Waals surface area (Å²) in [5.74, 6) is -0.344. The second kappa shape index (κ2) is 9.67. The maximum absolute atomic E-state index is 13.2. The molecule has 35 heavy (non-hydrogen) atoms. The monoisotopic (exact) mass is 492 g/mol. The smallest absolute Gasteiger partial charge is 0.243 e. The Hall–Kier alpha value is -3.43. The van der Waals surface area contributed by atoms with E-state index in [2.05, 4.69) is 10.6 Å². The Balaban J connectivity index is 1.18. The second-order valence-corrected chi connectivity index (χ2v) is 10.9. The molecule has 0 aliphatic carbocycles. The van der Waals surface area contributed by atoms with Crippen molar-refractivity contribution in [3.8, 4) is 0 Å². The molecule has 0 atom stereocenters. The normalized spacial score (nSPS) is 17.8. The number of piperazine rings is 1. The van der Waals surface area contributed by atoms with Crippen LogP contribution < -0.4 is 15.5 Å². The zero-order valence-electron chi connectivity index (χ0n) is 19.3. The lowest BCUT2D eigenvalue weighted by Gasteiger charge is -2.30. The maximum Gasteiger partial charge on any atom is 0.243 e. The largest absolute Gasteiger partial charge is 0.360 e. The van der Waals surface area contributed by atoms with Gasteiger partial charge in [-0.1, -0.05) is 30.3 Å². The predicted molar refractivity (Wildman–Crippen MR) is 136 cm³/mol. The van der Waals surface area contributed by atoms with Gasteiger partial charge in [0.05, 0.1) is 11.4 Å². The van der Waals surface area contributed by atoms with Crippen LogP contribution in [-0.2, 0) is 19.6 Å². The molecule has 2 heterocycles. The minimum atomic E-state index is -3.61. The summed E-state index contributed by atoms with van der Waals surface area (Å²) in [6.07, 6.45) is 0.944. The number of anilines is 2. The van der Waals surface area contributed by atoms with Crippen LogP contribution in [0.5, 0.6) is 0 Å². The van der Waals surface area contributed by atoms with Crippen molar-refractivity contribution in [2.75, 3.05) is 42.9 Å². The molecule has 2 N–H and O–H groups in total. The lowest BCUT2D eigenvalue weighted by atomic mass is 9.97. The molecule has 0 spiro atoms. The highest BCUT2D eigenvalue weighted by atomic mass is 32.2. The summed E-state index contributed by atoms with van der Waals surface area (Å²) in [5.41, 5.74) is 1.62. The lowest BCUT2D eigenvalue weighted by molar-refractivity contribution is -0.121. The molecule has 0 unspecified atom stereocenters. The highest BCUT2D eigenvalue weighted by molar-refractivity contribution is 7.89. The lowest BCUT2D eigenvalue weighted by Crippen LogP contribution is -2.47. The van der Waals surface area contributed by atoms with Gasteiger partial charge in [-0.2, -0.15) is 4.31 Å². The Morgan fingerprint density at radius 2 is 1.63 bits per heavy atom. The molecule has 3 aromatic rings. The summed E-state index contributed by atoms with van der Waals surface area (Å²) in [6.45, 7) is 2.31.